The molecule has 3 aliphatic heterocycles. The van der Waals surface area contributed by atoms with Crippen molar-refractivity contribution in [2.45, 2.75) is 19.9 Å². The highest BCUT2D eigenvalue weighted by Gasteiger charge is 2.33. The molecule has 0 radical (unpaired) electrons. The number of likely N-dealkylation sites (N-methyl/N-ethyl adjacent to an activating group) is 1. The molecule has 2 N–H and O–H groups in total. The molecule has 1 aromatic heterocycles. The van der Waals surface area contributed by atoms with Gasteiger partial charge in [0.25, 0.3) is 6.01 Å². The van der Waals surface area contributed by atoms with Gasteiger partial charge in [-0.15, -0.1) is 0 Å². The molecular weight excluding hydrogens is 402 g/mol. The Morgan fingerprint density at radius 1 is 1.22 bits per heavy atom. The number of aliphatic imine (C=N–C) groups is 2. The minimum absolute atomic E-state index is 0.183. The van der Waals surface area contributed by atoms with Gasteiger partial charge < -0.3 is 20.0 Å². The molecule has 2 aromatic rings. The first-order valence-electron chi connectivity index (χ1n) is 11.4. The number of dihydropyridines is 1. The van der Waals surface area contributed by atoms with Crippen LogP contribution >= 0.6 is 0 Å². The Bertz CT molecular complexity index is 1100. The number of nitrogens with two attached hydrogens (primary N) is 1. The first-order chi connectivity index (χ1) is 15.6. The first-order valence-corrected chi connectivity index (χ1v) is 11.4. The lowest BCUT2D eigenvalue weighted by Gasteiger charge is -2.49. The highest BCUT2D eigenvalue weighted by molar-refractivity contribution is 6.16. The van der Waals surface area contributed by atoms with Crippen LogP contribution in [0.3, 0.4) is 0 Å². The van der Waals surface area contributed by atoms with Crippen LogP contribution in [0, 0.1) is 0 Å². The minimum atomic E-state index is 0.183. The fourth-order valence-corrected chi connectivity index (χ4v) is 4.50. The van der Waals surface area contributed by atoms with Gasteiger partial charge in [0.15, 0.2) is 5.58 Å². The third kappa shape index (κ3) is 4.33. The number of fused-ring (bicyclic) bond motifs is 1. The lowest BCUT2D eigenvalue weighted by Crippen LogP contribution is -2.62. The maximum Gasteiger partial charge on any atom is 0.292 e. The lowest BCUT2D eigenvalue weighted by molar-refractivity contribution is 0.0227. The Morgan fingerprint density at radius 2 is 2.03 bits per heavy atom. The number of nitrogens with zero attached hydrogens (tertiary/aromatic N) is 6. The van der Waals surface area contributed by atoms with Gasteiger partial charge in [0.1, 0.15) is 5.52 Å². The molecule has 0 spiro atoms. The number of oxazole rings is 1. The van der Waals surface area contributed by atoms with Crippen LogP contribution in [0.5, 0.6) is 0 Å². The molecule has 0 aliphatic carbocycles. The number of hydrogen-bond donors (Lipinski definition) is 1. The summed E-state index contributed by atoms with van der Waals surface area (Å²) in [6, 6.07) is 6.67. The maximum atomic E-state index is 5.64. The molecule has 32 heavy (non-hydrogen) atoms. The summed E-state index contributed by atoms with van der Waals surface area (Å²) in [6.07, 6.45) is 6.03. The van der Waals surface area contributed by atoms with Crippen molar-refractivity contribution in [1.29, 1.82) is 0 Å². The highest BCUT2D eigenvalue weighted by atomic mass is 16.4. The van der Waals surface area contributed by atoms with Gasteiger partial charge in [0.05, 0.1) is 18.0 Å². The molecule has 1 aromatic carbocycles. The van der Waals surface area contributed by atoms with E-state index in [1.165, 1.54) is 38.4 Å². The van der Waals surface area contributed by atoms with Crippen molar-refractivity contribution in [3.05, 3.63) is 47.8 Å². The number of nitrogen functional groups attached to an aromatic ring is 1. The van der Waals surface area contributed by atoms with E-state index in [0.29, 0.717) is 18.2 Å². The van der Waals surface area contributed by atoms with E-state index in [0.717, 1.165) is 35.6 Å². The molecule has 4 heterocycles. The zero-order chi connectivity index (χ0) is 22.1. The molecule has 8 heteroatoms. The Balaban J connectivity index is 1.14. The molecule has 3 aliphatic rings. The molecule has 2 fully saturated rings. The number of likely N-dealkylation sites (tertiary alicyclic amines) is 1. The van der Waals surface area contributed by atoms with Gasteiger partial charge in [-0.1, -0.05) is 6.92 Å². The second kappa shape index (κ2) is 8.88. The van der Waals surface area contributed by atoms with Crippen LogP contribution in [0.4, 0.5) is 6.01 Å². The zero-order valence-corrected chi connectivity index (χ0v) is 18.9. The standard InChI is InChI=1S/C24H31N7O/c1-3-29-8-10-30(11-9-29)20-15-31(16-20)17(2)13-26-19-5-6-21(27-14-19)18-4-7-23-22(12-18)28-24(25)32-23/h4-7,12-13,20H,3,8-11,14-16H2,1-2H3,(H2,25,28)/b17-13+,26-19-. The van der Waals surface area contributed by atoms with E-state index in [2.05, 4.69) is 38.5 Å². The van der Waals surface area contributed by atoms with Crippen LogP contribution < -0.4 is 5.73 Å². The van der Waals surface area contributed by atoms with Gasteiger partial charge in [-0.2, -0.15) is 4.98 Å². The van der Waals surface area contributed by atoms with Gasteiger partial charge in [-0.25, -0.2) is 0 Å². The summed E-state index contributed by atoms with van der Waals surface area (Å²) >= 11 is 0. The van der Waals surface area contributed by atoms with Crippen molar-refractivity contribution in [3.8, 4) is 0 Å². The Morgan fingerprint density at radius 3 is 2.75 bits per heavy atom. The number of hydrogen-bond acceptors (Lipinski definition) is 8. The van der Waals surface area contributed by atoms with E-state index in [1.807, 2.05) is 36.6 Å². The third-order valence-corrected chi connectivity index (χ3v) is 6.69. The number of rotatable bonds is 5. The Labute approximate surface area is 188 Å². The molecule has 0 amide bonds. The van der Waals surface area contributed by atoms with Gasteiger partial charge in [0, 0.05) is 62.8 Å². The SMILES string of the molecule is CCN1CCN(C2CN(/C(C)=C/N=C3/C=CC(c4ccc5oc(N)nc5c4)=NC3)C2)CC1. The van der Waals surface area contributed by atoms with E-state index >= 15 is 0 Å². The molecule has 5 rings (SSSR count). The quantitative estimate of drug-likeness (QED) is 0.779. The van der Waals surface area contributed by atoms with Crippen LogP contribution in [0.25, 0.3) is 11.1 Å². The van der Waals surface area contributed by atoms with E-state index in [1.54, 1.807) is 0 Å². The molecule has 168 valence electrons. The van der Waals surface area contributed by atoms with E-state index in [4.69, 9.17) is 15.1 Å². The number of aromatic nitrogens is 1. The molecule has 8 nitrogen and oxygen atoms in total. The summed E-state index contributed by atoms with van der Waals surface area (Å²) in [4.78, 5) is 21.2. The number of anilines is 1. The summed E-state index contributed by atoms with van der Waals surface area (Å²) in [6.45, 7) is 13.1. The predicted octanol–water partition coefficient (Wildman–Crippen LogP) is 2.39. The summed E-state index contributed by atoms with van der Waals surface area (Å²) in [5.41, 5.74) is 11.2. The van der Waals surface area contributed by atoms with Crippen LogP contribution in [-0.2, 0) is 0 Å². The highest BCUT2D eigenvalue weighted by Crippen LogP contribution is 2.22. The van der Waals surface area contributed by atoms with Crippen molar-refractivity contribution in [3.63, 3.8) is 0 Å². The van der Waals surface area contributed by atoms with Gasteiger partial charge >= 0.3 is 0 Å². The van der Waals surface area contributed by atoms with Crippen LogP contribution in [-0.4, -0.2) is 89.5 Å². The second-order valence-corrected chi connectivity index (χ2v) is 8.69. The van der Waals surface area contributed by atoms with Crippen molar-refractivity contribution in [2.75, 3.05) is 58.1 Å². The van der Waals surface area contributed by atoms with Crippen LogP contribution in [0.15, 0.2) is 56.7 Å². The van der Waals surface area contributed by atoms with Crippen LogP contribution in [0.1, 0.15) is 19.4 Å². The second-order valence-electron chi connectivity index (χ2n) is 8.69. The summed E-state index contributed by atoms with van der Waals surface area (Å²) in [7, 11) is 0. The minimum Gasteiger partial charge on any atom is -0.424 e. The van der Waals surface area contributed by atoms with Gasteiger partial charge in [0.2, 0.25) is 0 Å². The largest absolute Gasteiger partial charge is 0.424 e. The Hall–Kier alpha value is -2.97. The van der Waals surface area contributed by atoms with Gasteiger partial charge in [-0.05, 0) is 43.8 Å². The average Bonchev–Trinajstić information content (AvgIpc) is 3.16. The van der Waals surface area contributed by atoms with E-state index in [-0.39, 0.29) is 6.01 Å². The van der Waals surface area contributed by atoms with Crippen LogP contribution in [0.2, 0.25) is 0 Å². The summed E-state index contributed by atoms with van der Waals surface area (Å²) in [5, 5.41) is 0. The monoisotopic (exact) mass is 433 g/mol. The zero-order valence-electron chi connectivity index (χ0n) is 18.9. The smallest absolute Gasteiger partial charge is 0.292 e. The van der Waals surface area contributed by atoms with Crippen molar-refractivity contribution in [2.24, 2.45) is 9.98 Å². The van der Waals surface area contributed by atoms with Crippen molar-refractivity contribution < 1.29 is 4.42 Å². The first kappa shape index (κ1) is 20.9. The average molecular weight is 434 g/mol. The Kier molecular flexibility index (Phi) is 5.80. The summed E-state index contributed by atoms with van der Waals surface area (Å²) in [5.74, 6) is 0. The van der Waals surface area contributed by atoms with E-state index < -0.39 is 0 Å². The number of allylic oxidation sites excluding steroid dienone is 2. The number of piperazine rings is 1. The van der Waals surface area contributed by atoms with E-state index in [9.17, 15) is 0 Å². The molecule has 0 atom stereocenters. The normalized spacial score (nSPS) is 22.6. The maximum absolute atomic E-state index is 5.64. The molecule has 2 saturated heterocycles. The van der Waals surface area contributed by atoms with Crippen molar-refractivity contribution >= 4 is 28.5 Å². The molecule has 0 saturated carbocycles. The summed E-state index contributed by atoms with van der Waals surface area (Å²) < 4.78 is 5.34. The van der Waals surface area contributed by atoms with Crippen molar-refractivity contribution in [1.82, 2.24) is 19.7 Å². The molecule has 0 bridgehead atoms. The lowest BCUT2D eigenvalue weighted by atomic mass is 10.1. The predicted molar refractivity (Wildman–Crippen MR) is 129 cm³/mol. The third-order valence-electron chi connectivity index (χ3n) is 6.69. The molecule has 0 unspecified atom stereocenters. The fourth-order valence-electron chi connectivity index (χ4n) is 4.50. The fraction of sp³-hybridized carbons (Fsp3) is 0.458. The topological polar surface area (TPSA) is 86.5 Å². The number of benzene rings is 1. The molecular formula is C24H31N7O. The van der Waals surface area contributed by atoms with Gasteiger partial charge in [-0.3, -0.25) is 14.9 Å².